The Balaban J connectivity index is 1.51. The van der Waals surface area contributed by atoms with Crippen LogP contribution in [0.1, 0.15) is 17.3 Å². The largest absolute Gasteiger partial charge is 0.360 e. The van der Waals surface area contributed by atoms with Gasteiger partial charge < -0.3 is 4.98 Å². The number of thioether (sulfide) groups is 1. The van der Waals surface area contributed by atoms with Gasteiger partial charge in [-0.15, -0.1) is 5.10 Å². The van der Waals surface area contributed by atoms with Gasteiger partial charge >= 0.3 is 0 Å². The van der Waals surface area contributed by atoms with E-state index in [2.05, 4.69) is 20.2 Å². The minimum atomic E-state index is -0.276. The number of rotatable bonds is 4. The highest BCUT2D eigenvalue weighted by atomic mass is 32.2. The SMILES string of the molecule is CC(Sc1n[nH]c2nc3ccccc3n12)C(=O)c1c[nH]c2ccccc12. The van der Waals surface area contributed by atoms with Crippen LogP contribution in [0.3, 0.4) is 0 Å². The first-order chi connectivity index (χ1) is 12.7. The van der Waals surface area contributed by atoms with E-state index in [0.717, 1.165) is 27.1 Å². The summed E-state index contributed by atoms with van der Waals surface area (Å²) in [4.78, 5) is 20.7. The normalized spacial score (nSPS) is 13.0. The first kappa shape index (κ1) is 15.2. The molecule has 26 heavy (non-hydrogen) atoms. The average molecular weight is 361 g/mol. The van der Waals surface area contributed by atoms with Crippen molar-refractivity contribution in [3.05, 3.63) is 60.3 Å². The number of benzene rings is 2. The molecule has 0 aliphatic carbocycles. The molecule has 0 bridgehead atoms. The number of hydrogen-bond donors (Lipinski definition) is 2. The zero-order valence-corrected chi connectivity index (χ0v) is 14.7. The van der Waals surface area contributed by atoms with Crippen LogP contribution in [-0.2, 0) is 0 Å². The summed E-state index contributed by atoms with van der Waals surface area (Å²) in [5.41, 5.74) is 3.56. The van der Waals surface area contributed by atoms with Crippen LogP contribution in [0.4, 0.5) is 0 Å². The molecular weight excluding hydrogens is 346 g/mol. The van der Waals surface area contributed by atoms with E-state index in [0.29, 0.717) is 11.3 Å². The zero-order chi connectivity index (χ0) is 17.7. The van der Waals surface area contributed by atoms with Crippen molar-refractivity contribution in [1.82, 2.24) is 24.6 Å². The van der Waals surface area contributed by atoms with Crippen LogP contribution in [0.15, 0.2) is 59.9 Å². The van der Waals surface area contributed by atoms with Gasteiger partial charge in [0, 0.05) is 22.7 Å². The summed E-state index contributed by atoms with van der Waals surface area (Å²) < 4.78 is 1.96. The highest BCUT2D eigenvalue weighted by Gasteiger charge is 2.22. The fourth-order valence-corrected chi connectivity index (χ4v) is 4.17. The second-order valence-electron chi connectivity index (χ2n) is 6.14. The highest BCUT2D eigenvalue weighted by molar-refractivity contribution is 8.00. The molecule has 2 N–H and O–H groups in total. The molecule has 0 aliphatic rings. The number of nitrogens with zero attached hydrogens (tertiary/aromatic N) is 3. The summed E-state index contributed by atoms with van der Waals surface area (Å²) in [7, 11) is 0. The Morgan fingerprint density at radius 1 is 1.15 bits per heavy atom. The summed E-state index contributed by atoms with van der Waals surface area (Å²) in [5, 5.41) is 8.70. The van der Waals surface area contributed by atoms with E-state index in [-0.39, 0.29) is 11.0 Å². The van der Waals surface area contributed by atoms with E-state index in [9.17, 15) is 4.79 Å². The number of aromatic amines is 2. The predicted molar refractivity (Wildman–Crippen MR) is 103 cm³/mol. The molecule has 6 nitrogen and oxygen atoms in total. The molecule has 0 saturated heterocycles. The van der Waals surface area contributed by atoms with E-state index < -0.39 is 0 Å². The number of fused-ring (bicyclic) bond motifs is 4. The molecule has 1 atom stereocenters. The zero-order valence-electron chi connectivity index (χ0n) is 13.9. The monoisotopic (exact) mass is 361 g/mol. The maximum Gasteiger partial charge on any atom is 0.231 e. The number of carbonyl (C=O) groups is 1. The quantitative estimate of drug-likeness (QED) is 0.374. The first-order valence-corrected chi connectivity index (χ1v) is 9.19. The predicted octanol–water partition coefficient (Wildman–Crippen LogP) is 4.06. The van der Waals surface area contributed by atoms with E-state index in [1.165, 1.54) is 11.8 Å². The van der Waals surface area contributed by atoms with Gasteiger partial charge in [0.2, 0.25) is 5.78 Å². The molecule has 2 aromatic carbocycles. The van der Waals surface area contributed by atoms with Crippen LogP contribution in [0.5, 0.6) is 0 Å². The van der Waals surface area contributed by atoms with Crippen LogP contribution in [-0.4, -0.2) is 35.6 Å². The molecule has 3 heterocycles. The van der Waals surface area contributed by atoms with E-state index >= 15 is 0 Å². The molecule has 1 unspecified atom stereocenters. The Morgan fingerprint density at radius 3 is 2.88 bits per heavy atom. The molecular formula is C19H15N5OS. The van der Waals surface area contributed by atoms with Crippen LogP contribution in [0.25, 0.3) is 27.7 Å². The minimum Gasteiger partial charge on any atom is -0.360 e. The number of carbonyl (C=O) groups excluding carboxylic acids is 1. The second kappa shape index (κ2) is 5.74. The molecule has 7 heteroatoms. The van der Waals surface area contributed by atoms with E-state index in [1.807, 2.05) is 59.9 Å². The first-order valence-electron chi connectivity index (χ1n) is 8.31. The highest BCUT2D eigenvalue weighted by Crippen LogP contribution is 2.29. The summed E-state index contributed by atoms with van der Waals surface area (Å²) in [6.45, 7) is 1.91. The van der Waals surface area contributed by atoms with Gasteiger partial charge in [-0.2, -0.15) is 0 Å². The number of hydrogen-bond acceptors (Lipinski definition) is 4. The van der Waals surface area contributed by atoms with Crippen LogP contribution in [0.2, 0.25) is 0 Å². The summed E-state index contributed by atoms with van der Waals surface area (Å²) in [6, 6.07) is 15.7. The minimum absolute atomic E-state index is 0.0769. The number of Topliss-reactive ketones (excluding diaryl/α,β-unsaturated/α-hetero) is 1. The molecule has 0 amide bonds. The Bertz CT molecular complexity index is 1260. The molecule has 0 fully saturated rings. The number of H-pyrrole nitrogens is 2. The third kappa shape index (κ3) is 2.24. The molecule has 0 spiro atoms. The summed E-state index contributed by atoms with van der Waals surface area (Å²) >= 11 is 1.43. The molecule has 0 radical (unpaired) electrons. The second-order valence-corrected chi connectivity index (χ2v) is 7.45. The van der Waals surface area contributed by atoms with Gasteiger partial charge in [0.25, 0.3) is 0 Å². The number of para-hydroxylation sites is 3. The number of ketones is 1. The summed E-state index contributed by atoms with van der Waals surface area (Å²) in [5.74, 6) is 0.758. The molecule has 128 valence electrons. The number of imidazole rings is 1. The van der Waals surface area contributed by atoms with Gasteiger partial charge in [-0.05, 0) is 25.1 Å². The van der Waals surface area contributed by atoms with Gasteiger partial charge in [-0.25, -0.2) is 10.1 Å². The van der Waals surface area contributed by atoms with Crippen molar-refractivity contribution >= 4 is 45.3 Å². The molecule has 0 saturated carbocycles. The van der Waals surface area contributed by atoms with Crippen LogP contribution in [0, 0.1) is 0 Å². The number of nitrogens with one attached hydrogen (secondary N) is 2. The lowest BCUT2D eigenvalue weighted by Gasteiger charge is -2.08. The van der Waals surface area contributed by atoms with Gasteiger partial charge in [0.05, 0.1) is 16.3 Å². The Kier molecular flexibility index (Phi) is 3.36. The molecule has 5 rings (SSSR count). The molecule has 5 aromatic rings. The molecule has 3 aromatic heterocycles. The van der Waals surface area contributed by atoms with Crippen molar-refractivity contribution in [2.45, 2.75) is 17.3 Å². The lowest BCUT2D eigenvalue weighted by molar-refractivity contribution is 0.0995. The van der Waals surface area contributed by atoms with Crippen LogP contribution >= 0.6 is 11.8 Å². The van der Waals surface area contributed by atoms with Gasteiger partial charge in [-0.1, -0.05) is 42.1 Å². The van der Waals surface area contributed by atoms with Crippen molar-refractivity contribution in [3.8, 4) is 0 Å². The molecule has 0 aliphatic heterocycles. The Hall–Kier alpha value is -3.06. The topological polar surface area (TPSA) is 78.8 Å². The maximum absolute atomic E-state index is 13.0. The lowest BCUT2D eigenvalue weighted by atomic mass is 10.1. The smallest absolute Gasteiger partial charge is 0.231 e. The van der Waals surface area contributed by atoms with Gasteiger partial charge in [0.1, 0.15) is 0 Å². The fraction of sp³-hybridized carbons (Fsp3) is 0.105. The van der Waals surface area contributed by atoms with Crippen molar-refractivity contribution in [2.24, 2.45) is 0 Å². The van der Waals surface area contributed by atoms with Gasteiger partial charge in [-0.3, -0.25) is 9.20 Å². The van der Waals surface area contributed by atoms with Crippen molar-refractivity contribution < 1.29 is 4.79 Å². The van der Waals surface area contributed by atoms with Gasteiger partial charge in [0.15, 0.2) is 10.9 Å². The van der Waals surface area contributed by atoms with E-state index in [1.54, 1.807) is 6.20 Å². The lowest BCUT2D eigenvalue weighted by Crippen LogP contribution is -2.13. The standard InChI is InChI=1S/C19H15N5OS/c1-11(17(25)13-10-20-14-7-3-2-6-12(13)14)26-19-23-22-18-21-15-8-4-5-9-16(15)24(18)19/h2-11,20H,1H3,(H,21,22). The van der Waals surface area contributed by atoms with Crippen molar-refractivity contribution in [1.29, 1.82) is 0 Å². The Labute approximate surface area is 152 Å². The summed E-state index contributed by atoms with van der Waals surface area (Å²) in [6.07, 6.45) is 1.79. The van der Waals surface area contributed by atoms with Crippen molar-refractivity contribution in [2.75, 3.05) is 0 Å². The Morgan fingerprint density at radius 2 is 1.96 bits per heavy atom. The third-order valence-corrected chi connectivity index (χ3v) is 5.56. The van der Waals surface area contributed by atoms with Crippen molar-refractivity contribution in [3.63, 3.8) is 0 Å². The maximum atomic E-state index is 13.0. The third-order valence-electron chi connectivity index (χ3n) is 4.51. The van der Waals surface area contributed by atoms with Crippen LogP contribution < -0.4 is 0 Å². The van der Waals surface area contributed by atoms with E-state index in [4.69, 9.17) is 0 Å². The fourth-order valence-electron chi connectivity index (χ4n) is 3.23. The average Bonchev–Trinajstić information content (AvgIpc) is 3.35. The number of aromatic nitrogens is 5.